The molecule has 1 aromatic heterocycles. The fourth-order valence-electron chi connectivity index (χ4n) is 4.12. The number of hydrogen-bond acceptors (Lipinski definition) is 5. The van der Waals surface area contributed by atoms with Crippen molar-refractivity contribution in [2.24, 2.45) is 11.3 Å². The van der Waals surface area contributed by atoms with Crippen molar-refractivity contribution in [3.8, 4) is 0 Å². The number of likely N-dealkylation sites (tertiary alicyclic amines) is 1. The van der Waals surface area contributed by atoms with Crippen LogP contribution >= 0.6 is 11.3 Å². The molecule has 128 valence electrons. The Kier molecular flexibility index (Phi) is 4.72. The maximum absolute atomic E-state index is 6.15. The van der Waals surface area contributed by atoms with Crippen molar-refractivity contribution >= 4 is 11.3 Å². The minimum atomic E-state index is 0.212. The molecule has 0 amide bonds. The van der Waals surface area contributed by atoms with Crippen LogP contribution in [0, 0.1) is 18.3 Å². The van der Waals surface area contributed by atoms with Gasteiger partial charge < -0.3 is 9.47 Å². The van der Waals surface area contributed by atoms with Crippen LogP contribution in [0.5, 0.6) is 0 Å². The number of aromatic nitrogens is 1. The standard InChI is InChI=1S/C18H28N2O2S/c1-14-16(23-13-19-14)9-20-7-5-17-18(11-20,6-2-8-22-17)12-21-10-15-3-4-15/h13,15,17H,2-12H2,1H3/t17-,18+/m1/s1. The monoisotopic (exact) mass is 336 g/mol. The Hall–Kier alpha value is -0.490. The highest BCUT2D eigenvalue weighted by Crippen LogP contribution is 2.41. The van der Waals surface area contributed by atoms with Crippen molar-refractivity contribution in [1.29, 1.82) is 0 Å². The maximum Gasteiger partial charge on any atom is 0.0798 e. The summed E-state index contributed by atoms with van der Waals surface area (Å²) in [6.07, 6.45) is 6.70. The van der Waals surface area contributed by atoms with Gasteiger partial charge in [0, 0.05) is 43.1 Å². The summed E-state index contributed by atoms with van der Waals surface area (Å²) < 4.78 is 12.3. The number of fused-ring (bicyclic) bond motifs is 1. The molecular weight excluding hydrogens is 308 g/mol. The van der Waals surface area contributed by atoms with E-state index in [4.69, 9.17) is 9.47 Å². The lowest BCUT2D eigenvalue weighted by atomic mass is 9.73. The third-order valence-corrected chi connectivity index (χ3v) is 6.64. The third kappa shape index (κ3) is 3.63. The Bertz CT molecular complexity index is 531. The van der Waals surface area contributed by atoms with Crippen LogP contribution in [-0.2, 0) is 16.0 Å². The smallest absolute Gasteiger partial charge is 0.0798 e. The Morgan fingerprint density at radius 1 is 1.43 bits per heavy atom. The molecular formula is C18H28N2O2S. The maximum atomic E-state index is 6.15. The van der Waals surface area contributed by atoms with Gasteiger partial charge >= 0.3 is 0 Å². The molecule has 4 rings (SSSR count). The van der Waals surface area contributed by atoms with Gasteiger partial charge in [-0.25, -0.2) is 4.98 Å². The zero-order valence-electron chi connectivity index (χ0n) is 14.1. The molecule has 2 atom stereocenters. The first kappa shape index (κ1) is 16.0. The molecule has 3 fully saturated rings. The van der Waals surface area contributed by atoms with E-state index in [-0.39, 0.29) is 5.41 Å². The summed E-state index contributed by atoms with van der Waals surface area (Å²) in [6.45, 7) is 8.17. The van der Waals surface area contributed by atoms with Gasteiger partial charge in [-0.3, -0.25) is 4.90 Å². The molecule has 2 saturated heterocycles. The van der Waals surface area contributed by atoms with Crippen molar-refractivity contribution in [1.82, 2.24) is 9.88 Å². The second kappa shape index (κ2) is 6.79. The largest absolute Gasteiger partial charge is 0.380 e. The van der Waals surface area contributed by atoms with Crippen molar-refractivity contribution in [2.75, 3.05) is 32.9 Å². The number of hydrogen-bond donors (Lipinski definition) is 0. The zero-order chi connectivity index (χ0) is 15.7. The molecule has 5 heteroatoms. The van der Waals surface area contributed by atoms with Crippen LogP contribution in [0.25, 0.3) is 0 Å². The van der Waals surface area contributed by atoms with E-state index in [1.165, 1.54) is 36.3 Å². The summed E-state index contributed by atoms with van der Waals surface area (Å²) in [7, 11) is 0. The van der Waals surface area contributed by atoms with Gasteiger partial charge in [-0.1, -0.05) is 0 Å². The number of thiazole rings is 1. The first-order valence-electron chi connectivity index (χ1n) is 9.06. The van der Waals surface area contributed by atoms with E-state index < -0.39 is 0 Å². The van der Waals surface area contributed by atoms with Gasteiger partial charge in [-0.15, -0.1) is 11.3 Å². The predicted octanol–water partition coefficient (Wildman–Crippen LogP) is 3.25. The van der Waals surface area contributed by atoms with E-state index in [1.807, 2.05) is 5.51 Å². The van der Waals surface area contributed by atoms with Gasteiger partial charge in [0.2, 0.25) is 0 Å². The van der Waals surface area contributed by atoms with E-state index in [9.17, 15) is 0 Å². The lowest BCUT2D eigenvalue weighted by molar-refractivity contribution is -0.154. The molecule has 0 unspecified atom stereocenters. The normalized spacial score (nSPS) is 32.0. The van der Waals surface area contributed by atoms with Crippen LogP contribution in [0.4, 0.5) is 0 Å². The first-order chi connectivity index (χ1) is 11.3. The average Bonchev–Trinajstić information content (AvgIpc) is 3.30. The molecule has 4 nitrogen and oxygen atoms in total. The van der Waals surface area contributed by atoms with Crippen LogP contribution in [-0.4, -0.2) is 48.9 Å². The quantitative estimate of drug-likeness (QED) is 0.799. The second-order valence-electron chi connectivity index (χ2n) is 7.64. The number of aryl methyl sites for hydroxylation is 1. The van der Waals surface area contributed by atoms with Crippen molar-refractivity contribution in [3.05, 3.63) is 16.1 Å². The van der Waals surface area contributed by atoms with Gasteiger partial charge in [0.05, 0.1) is 23.9 Å². The van der Waals surface area contributed by atoms with Gasteiger partial charge in [-0.2, -0.15) is 0 Å². The van der Waals surface area contributed by atoms with Crippen molar-refractivity contribution in [2.45, 2.75) is 51.7 Å². The third-order valence-electron chi connectivity index (χ3n) is 5.72. The highest BCUT2D eigenvalue weighted by Gasteiger charge is 2.46. The summed E-state index contributed by atoms with van der Waals surface area (Å²) in [5, 5.41) is 0. The summed E-state index contributed by atoms with van der Waals surface area (Å²) in [5.74, 6) is 0.842. The molecule has 1 aliphatic carbocycles. The zero-order valence-corrected chi connectivity index (χ0v) is 14.9. The second-order valence-corrected chi connectivity index (χ2v) is 8.58. The topological polar surface area (TPSA) is 34.6 Å². The molecule has 23 heavy (non-hydrogen) atoms. The summed E-state index contributed by atoms with van der Waals surface area (Å²) in [4.78, 5) is 8.41. The van der Waals surface area contributed by atoms with Gasteiger partial charge in [0.1, 0.15) is 0 Å². The number of ether oxygens (including phenoxy) is 2. The molecule has 0 spiro atoms. The molecule has 1 saturated carbocycles. The average molecular weight is 337 g/mol. The molecule has 3 heterocycles. The van der Waals surface area contributed by atoms with E-state index in [2.05, 4.69) is 16.8 Å². The van der Waals surface area contributed by atoms with E-state index in [0.717, 1.165) is 51.8 Å². The molecule has 3 aliphatic rings. The van der Waals surface area contributed by atoms with Crippen LogP contribution in [0.3, 0.4) is 0 Å². The minimum absolute atomic E-state index is 0.212. The van der Waals surface area contributed by atoms with E-state index in [0.29, 0.717) is 6.10 Å². The van der Waals surface area contributed by atoms with Gasteiger partial charge in [0.25, 0.3) is 0 Å². The highest BCUT2D eigenvalue weighted by atomic mass is 32.1. The number of nitrogens with zero attached hydrogens (tertiary/aromatic N) is 2. The lowest BCUT2D eigenvalue weighted by Crippen LogP contribution is -2.56. The van der Waals surface area contributed by atoms with Gasteiger partial charge in [0.15, 0.2) is 0 Å². The summed E-state index contributed by atoms with van der Waals surface area (Å²) in [6, 6.07) is 0. The molecule has 0 radical (unpaired) electrons. The Labute approximate surface area is 143 Å². The van der Waals surface area contributed by atoms with Crippen LogP contribution in [0.1, 0.15) is 42.7 Å². The van der Waals surface area contributed by atoms with Crippen LogP contribution < -0.4 is 0 Å². The minimum Gasteiger partial charge on any atom is -0.380 e. The molecule has 0 N–H and O–H groups in total. The number of rotatable bonds is 6. The highest BCUT2D eigenvalue weighted by molar-refractivity contribution is 7.09. The van der Waals surface area contributed by atoms with Gasteiger partial charge in [-0.05, 0) is 44.9 Å². The summed E-state index contributed by atoms with van der Waals surface area (Å²) in [5.41, 5.74) is 3.37. The Balaban J connectivity index is 1.42. The Morgan fingerprint density at radius 3 is 3.13 bits per heavy atom. The van der Waals surface area contributed by atoms with E-state index >= 15 is 0 Å². The predicted molar refractivity (Wildman–Crippen MR) is 91.7 cm³/mol. The van der Waals surface area contributed by atoms with Crippen molar-refractivity contribution < 1.29 is 9.47 Å². The van der Waals surface area contributed by atoms with Crippen LogP contribution in [0.15, 0.2) is 5.51 Å². The molecule has 0 bridgehead atoms. The van der Waals surface area contributed by atoms with Crippen molar-refractivity contribution in [3.63, 3.8) is 0 Å². The number of piperidine rings is 1. The Morgan fingerprint density at radius 2 is 2.35 bits per heavy atom. The lowest BCUT2D eigenvalue weighted by Gasteiger charge is -2.50. The summed E-state index contributed by atoms with van der Waals surface area (Å²) >= 11 is 1.79. The molecule has 1 aromatic rings. The molecule has 2 aliphatic heterocycles. The first-order valence-corrected chi connectivity index (χ1v) is 9.94. The molecule has 0 aromatic carbocycles. The fraction of sp³-hybridized carbons (Fsp3) is 0.833. The van der Waals surface area contributed by atoms with E-state index in [1.54, 1.807) is 11.3 Å². The SMILES string of the molecule is Cc1ncsc1CN1CC[C@H]2OCCC[C@@]2(COCC2CC2)C1. The fourth-order valence-corrected chi connectivity index (χ4v) is 4.94. The van der Waals surface area contributed by atoms with Crippen LogP contribution in [0.2, 0.25) is 0 Å².